The van der Waals surface area contributed by atoms with E-state index in [2.05, 4.69) is 15.0 Å². The van der Waals surface area contributed by atoms with Crippen molar-refractivity contribution < 1.29 is 32.9 Å². The quantitative estimate of drug-likeness (QED) is 0.467. The Balaban J connectivity index is 1.68. The van der Waals surface area contributed by atoms with Crippen LogP contribution in [0.25, 0.3) is 22.7 Å². The Morgan fingerprint density at radius 1 is 1.15 bits per heavy atom. The molecule has 182 valence electrons. The van der Waals surface area contributed by atoms with E-state index >= 15 is 0 Å². The number of aromatic nitrogens is 3. The van der Waals surface area contributed by atoms with Gasteiger partial charge >= 0.3 is 12.0 Å². The standard InChI is InChI=1S/C24H28FN3O6/c1-4-9-31-22-19-23(28-24(27-22)33-17-8-6-5-7-16(17)25)34-21(26-19)15-10-13(2)20(14(3)11-15)32-12-18(29)30/h10-11,16-17H,4-9,12H2,1-3H3,(H,29,30)/t16-,17?/m1/s1. The van der Waals surface area contributed by atoms with Crippen LogP contribution >= 0.6 is 0 Å². The van der Waals surface area contributed by atoms with E-state index in [0.717, 1.165) is 30.4 Å². The molecular weight excluding hydrogens is 445 g/mol. The molecule has 3 aromatic rings. The molecule has 0 bridgehead atoms. The zero-order chi connectivity index (χ0) is 24.2. The number of aliphatic carboxylic acids is 1. The first-order chi connectivity index (χ1) is 16.4. The van der Waals surface area contributed by atoms with Gasteiger partial charge in [-0.2, -0.15) is 9.97 Å². The minimum Gasteiger partial charge on any atom is -0.481 e. The summed E-state index contributed by atoms with van der Waals surface area (Å²) in [7, 11) is 0. The average Bonchev–Trinajstić information content (AvgIpc) is 3.22. The Kier molecular flexibility index (Phi) is 7.14. The number of fused-ring (bicyclic) bond motifs is 1. The Morgan fingerprint density at radius 2 is 1.88 bits per heavy atom. The summed E-state index contributed by atoms with van der Waals surface area (Å²) in [6, 6.07) is 3.59. The van der Waals surface area contributed by atoms with Gasteiger partial charge in [-0.3, -0.25) is 0 Å². The van der Waals surface area contributed by atoms with Gasteiger partial charge in [-0.1, -0.05) is 13.3 Å². The molecule has 1 unspecified atom stereocenters. The third-order valence-electron chi connectivity index (χ3n) is 5.58. The Labute approximate surface area is 196 Å². The number of hydrogen-bond acceptors (Lipinski definition) is 8. The second kappa shape index (κ2) is 10.2. The minimum absolute atomic E-state index is 0.000586. The van der Waals surface area contributed by atoms with E-state index in [1.165, 1.54) is 0 Å². The highest BCUT2D eigenvalue weighted by molar-refractivity contribution is 5.78. The molecule has 2 atom stereocenters. The van der Waals surface area contributed by atoms with Crippen molar-refractivity contribution in [2.24, 2.45) is 0 Å². The van der Waals surface area contributed by atoms with Crippen LogP contribution in [-0.2, 0) is 4.79 Å². The summed E-state index contributed by atoms with van der Waals surface area (Å²) < 4.78 is 37.2. The topological polar surface area (TPSA) is 117 Å². The molecule has 10 heteroatoms. The number of carbonyl (C=O) groups is 1. The molecule has 0 radical (unpaired) electrons. The van der Waals surface area contributed by atoms with Crippen molar-refractivity contribution in [3.05, 3.63) is 23.3 Å². The normalized spacial score (nSPS) is 18.1. The highest BCUT2D eigenvalue weighted by atomic mass is 19.1. The molecule has 9 nitrogen and oxygen atoms in total. The highest BCUT2D eigenvalue weighted by Crippen LogP contribution is 2.34. The molecule has 1 fully saturated rings. The highest BCUT2D eigenvalue weighted by Gasteiger charge is 2.28. The van der Waals surface area contributed by atoms with Gasteiger partial charge in [-0.15, -0.1) is 0 Å². The number of benzene rings is 1. The fourth-order valence-corrected chi connectivity index (χ4v) is 4.01. The predicted octanol–water partition coefficient (Wildman–Crippen LogP) is 4.81. The number of carboxylic acids is 1. The van der Waals surface area contributed by atoms with Crippen molar-refractivity contribution in [2.45, 2.75) is 65.2 Å². The van der Waals surface area contributed by atoms with Crippen molar-refractivity contribution in [3.63, 3.8) is 0 Å². The molecule has 2 aromatic heterocycles. The van der Waals surface area contributed by atoms with Gasteiger partial charge in [-0.25, -0.2) is 14.2 Å². The second-order valence-corrected chi connectivity index (χ2v) is 8.41. The van der Waals surface area contributed by atoms with E-state index in [4.69, 9.17) is 23.7 Å². The van der Waals surface area contributed by atoms with Crippen LogP contribution in [0.1, 0.15) is 50.2 Å². The van der Waals surface area contributed by atoms with Gasteiger partial charge in [0.2, 0.25) is 5.89 Å². The number of rotatable bonds is 9. The summed E-state index contributed by atoms with van der Waals surface area (Å²) in [4.78, 5) is 24.1. The van der Waals surface area contributed by atoms with Crippen molar-refractivity contribution >= 4 is 17.2 Å². The van der Waals surface area contributed by atoms with Gasteiger partial charge in [0.1, 0.15) is 18.0 Å². The lowest BCUT2D eigenvalue weighted by molar-refractivity contribution is -0.139. The number of ether oxygens (including phenoxy) is 3. The number of alkyl halides is 1. The molecule has 2 heterocycles. The van der Waals surface area contributed by atoms with Crippen LogP contribution in [0, 0.1) is 13.8 Å². The number of oxazole rings is 1. The largest absolute Gasteiger partial charge is 0.481 e. The lowest BCUT2D eigenvalue weighted by Gasteiger charge is -2.25. The lowest BCUT2D eigenvalue weighted by Crippen LogP contribution is -2.32. The summed E-state index contributed by atoms with van der Waals surface area (Å²) in [5.74, 6) is -0.0407. The molecule has 0 saturated heterocycles. The summed E-state index contributed by atoms with van der Waals surface area (Å²) in [6.45, 7) is 5.59. The SMILES string of the molecule is CCCOc1nc(OC2CCCC[C@H]2F)nc2oc(-c3cc(C)c(OCC(=O)O)c(C)c3)nc12. The number of hydrogen-bond donors (Lipinski definition) is 1. The van der Waals surface area contributed by atoms with E-state index in [1.807, 2.05) is 20.8 Å². The first-order valence-electron chi connectivity index (χ1n) is 11.4. The first-order valence-corrected chi connectivity index (χ1v) is 11.4. The van der Waals surface area contributed by atoms with Crippen LogP contribution in [0.3, 0.4) is 0 Å². The predicted molar refractivity (Wildman–Crippen MR) is 121 cm³/mol. The number of nitrogens with zero attached hydrogens (tertiary/aromatic N) is 3. The first kappa shape index (κ1) is 23.7. The van der Waals surface area contributed by atoms with Crippen LogP contribution in [0.4, 0.5) is 4.39 Å². The van der Waals surface area contributed by atoms with Gasteiger partial charge in [0, 0.05) is 5.56 Å². The van der Waals surface area contributed by atoms with Gasteiger partial charge in [-0.05, 0) is 62.8 Å². The van der Waals surface area contributed by atoms with E-state index in [0.29, 0.717) is 42.2 Å². The summed E-state index contributed by atoms with van der Waals surface area (Å²) in [5, 5.41) is 8.89. The number of carboxylic acid groups (broad SMARTS) is 1. The van der Waals surface area contributed by atoms with Crippen molar-refractivity contribution in [1.82, 2.24) is 15.0 Å². The van der Waals surface area contributed by atoms with E-state index < -0.39 is 24.9 Å². The van der Waals surface area contributed by atoms with Gasteiger partial charge in [0.05, 0.1) is 6.61 Å². The molecule has 1 aromatic carbocycles. The molecule has 1 N–H and O–H groups in total. The average molecular weight is 474 g/mol. The van der Waals surface area contributed by atoms with Crippen LogP contribution < -0.4 is 14.2 Å². The molecule has 0 aliphatic heterocycles. The van der Waals surface area contributed by atoms with Gasteiger partial charge < -0.3 is 23.7 Å². The smallest absolute Gasteiger partial charge is 0.341 e. The summed E-state index contributed by atoms with van der Waals surface area (Å²) in [5.41, 5.74) is 2.66. The van der Waals surface area contributed by atoms with E-state index in [-0.39, 0.29) is 17.6 Å². The zero-order valence-corrected chi connectivity index (χ0v) is 19.5. The number of halogens is 1. The Bertz CT molecular complexity index is 1160. The minimum atomic E-state index is -1.06. The third-order valence-corrected chi connectivity index (χ3v) is 5.58. The van der Waals surface area contributed by atoms with Crippen LogP contribution in [0.2, 0.25) is 0 Å². The molecule has 1 aliphatic carbocycles. The molecule has 1 aliphatic rings. The van der Waals surface area contributed by atoms with Gasteiger partial charge in [0.25, 0.3) is 11.6 Å². The maximum atomic E-state index is 14.3. The molecule has 4 rings (SSSR count). The maximum absolute atomic E-state index is 14.3. The molecule has 0 amide bonds. The zero-order valence-electron chi connectivity index (χ0n) is 19.5. The van der Waals surface area contributed by atoms with E-state index in [9.17, 15) is 9.18 Å². The Hall–Kier alpha value is -3.43. The molecule has 1 saturated carbocycles. The fourth-order valence-electron chi connectivity index (χ4n) is 4.01. The Morgan fingerprint density at radius 3 is 2.56 bits per heavy atom. The summed E-state index contributed by atoms with van der Waals surface area (Å²) in [6.07, 6.45) is 1.90. The third kappa shape index (κ3) is 5.21. The van der Waals surface area contributed by atoms with Crippen molar-refractivity contribution in [2.75, 3.05) is 13.2 Å². The summed E-state index contributed by atoms with van der Waals surface area (Å²) >= 11 is 0. The fraction of sp³-hybridized carbons (Fsp3) is 0.500. The van der Waals surface area contributed by atoms with Crippen molar-refractivity contribution in [1.29, 1.82) is 0 Å². The van der Waals surface area contributed by atoms with E-state index in [1.54, 1.807) is 12.1 Å². The molecule has 34 heavy (non-hydrogen) atoms. The maximum Gasteiger partial charge on any atom is 0.341 e. The monoisotopic (exact) mass is 473 g/mol. The molecule has 0 spiro atoms. The number of aryl methyl sites for hydroxylation is 2. The molecular formula is C24H28FN3O6. The second-order valence-electron chi connectivity index (χ2n) is 8.41. The van der Waals surface area contributed by atoms with Crippen LogP contribution in [0.5, 0.6) is 17.6 Å². The van der Waals surface area contributed by atoms with Crippen LogP contribution in [-0.4, -0.2) is 51.5 Å². The lowest BCUT2D eigenvalue weighted by atomic mass is 9.96. The van der Waals surface area contributed by atoms with Crippen LogP contribution in [0.15, 0.2) is 16.5 Å². The van der Waals surface area contributed by atoms with Crippen molar-refractivity contribution in [3.8, 4) is 29.1 Å². The van der Waals surface area contributed by atoms with Gasteiger partial charge in [0.15, 0.2) is 12.1 Å².